The molecule has 1 saturated carbocycles. The summed E-state index contributed by atoms with van der Waals surface area (Å²) in [7, 11) is 0. The van der Waals surface area contributed by atoms with Crippen LogP contribution in [-0.4, -0.2) is 23.5 Å². The maximum Gasteiger partial charge on any atom is 0.387 e. The Bertz CT molecular complexity index is 560. The van der Waals surface area contributed by atoms with Crippen LogP contribution in [0, 0.1) is 0 Å². The van der Waals surface area contributed by atoms with Gasteiger partial charge in [0.15, 0.2) is 5.11 Å². The molecule has 0 saturated heterocycles. The summed E-state index contributed by atoms with van der Waals surface area (Å²) in [6.45, 7) is -1.06. The Labute approximate surface area is 140 Å². The normalized spacial score (nSPS) is 16.3. The molecule has 0 heterocycles. The molecular formula is C16H21F2N3OS. The van der Waals surface area contributed by atoms with E-state index in [-0.39, 0.29) is 5.75 Å². The summed E-state index contributed by atoms with van der Waals surface area (Å²) in [5, 5.41) is 7.94. The van der Waals surface area contributed by atoms with Crippen molar-refractivity contribution >= 4 is 23.0 Å². The monoisotopic (exact) mass is 341 g/mol. The van der Waals surface area contributed by atoms with E-state index in [0.29, 0.717) is 22.4 Å². The van der Waals surface area contributed by atoms with Gasteiger partial charge in [-0.25, -0.2) is 0 Å². The minimum absolute atomic E-state index is 0.106. The fourth-order valence-corrected chi connectivity index (χ4v) is 2.77. The summed E-state index contributed by atoms with van der Waals surface area (Å²) in [5.41, 5.74) is 4.14. The highest BCUT2D eigenvalue weighted by Gasteiger charge is 2.13. The van der Waals surface area contributed by atoms with Gasteiger partial charge < -0.3 is 10.1 Å². The van der Waals surface area contributed by atoms with Gasteiger partial charge in [0.1, 0.15) is 5.75 Å². The van der Waals surface area contributed by atoms with E-state index in [1.54, 1.807) is 19.1 Å². The molecule has 1 fully saturated rings. The van der Waals surface area contributed by atoms with Gasteiger partial charge in [0.2, 0.25) is 0 Å². The zero-order chi connectivity index (χ0) is 16.7. The van der Waals surface area contributed by atoms with Gasteiger partial charge in [-0.2, -0.15) is 13.9 Å². The van der Waals surface area contributed by atoms with E-state index in [4.69, 9.17) is 12.2 Å². The van der Waals surface area contributed by atoms with Crippen molar-refractivity contribution in [2.45, 2.75) is 51.7 Å². The second-order valence-electron chi connectivity index (χ2n) is 5.52. The average Bonchev–Trinajstić information content (AvgIpc) is 2.53. The van der Waals surface area contributed by atoms with Crippen molar-refractivity contribution in [3.63, 3.8) is 0 Å². The molecule has 126 valence electrons. The number of hydrogen-bond donors (Lipinski definition) is 2. The molecule has 1 aromatic carbocycles. The maximum absolute atomic E-state index is 12.2. The van der Waals surface area contributed by atoms with Crippen LogP contribution in [0.5, 0.6) is 5.75 Å². The Morgan fingerprint density at radius 2 is 2.04 bits per heavy atom. The smallest absolute Gasteiger partial charge is 0.387 e. The summed E-state index contributed by atoms with van der Waals surface area (Å²) in [4.78, 5) is 0. The molecule has 7 heteroatoms. The lowest BCUT2D eigenvalue weighted by molar-refractivity contribution is -0.0498. The molecule has 0 unspecified atom stereocenters. The number of nitrogens with zero attached hydrogens (tertiary/aromatic N) is 1. The summed E-state index contributed by atoms with van der Waals surface area (Å²) in [6.07, 6.45) is 5.97. The minimum Gasteiger partial charge on any atom is -0.435 e. The van der Waals surface area contributed by atoms with Gasteiger partial charge in [-0.15, -0.1) is 0 Å². The van der Waals surface area contributed by atoms with Crippen LogP contribution in [0.1, 0.15) is 44.6 Å². The summed E-state index contributed by atoms with van der Waals surface area (Å²) >= 11 is 5.23. The Hall–Kier alpha value is -1.76. The lowest BCUT2D eigenvalue weighted by Gasteiger charge is -2.23. The van der Waals surface area contributed by atoms with E-state index in [1.165, 1.54) is 31.4 Å². The van der Waals surface area contributed by atoms with Crippen molar-refractivity contribution in [2.75, 3.05) is 0 Å². The van der Waals surface area contributed by atoms with Crippen LogP contribution >= 0.6 is 12.2 Å². The fourth-order valence-electron chi connectivity index (χ4n) is 2.56. The standard InChI is InChI=1S/C16H21F2N3OS/c1-11(12-6-5-9-14(10-12)22-15(17)18)20-21-16(23)19-13-7-3-2-4-8-13/h5-6,9-10,13,15H,2-4,7-8H2,1H3,(H2,19,21,23)/b20-11-. The predicted octanol–water partition coefficient (Wildman–Crippen LogP) is 3.81. The van der Waals surface area contributed by atoms with Crippen molar-refractivity contribution in [2.24, 2.45) is 5.10 Å². The molecule has 0 spiro atoms. The molecule has 2 N–H and O–H groups in total. The summed E-state index contributed by atoms with van der Waals surface area (Å²) < 4.78 is 28.9. The highest BCUT2D eigenvalue weighted by molar-refractivity contribution is 7.80. The number of benzene rings is 1. The van der Waals surface area contributed by atoms with Crippen LogP contribution in [0.3, 0.4) is 0 Å². The molecule has 0 bridgehead atoms. The molecule has 0 amide bonds. The van der Waals surface area contributed by atoms with Gasteiger partial charge >= 0.3 is 6.61 Å². The van der Waals surface area contributed by atoms with Crippen LogP contribution in [0.2, 0.25) is 0 Å². The number of ether oxygens (including phenoxy) is 1. The first-order valence-corrected chi connectivity index (χ1v) is 8.11. The lowest BCUT2D eigenvalue weighted by Crippen LogP contribution is -2.41. The van der Waals surface area contributed by atoms with Gasteiger partial charge in [0.25, 0.3) is 0 Å². The van der Waals surface area contributed by atoms with Gasteiger partial charge in [-0.05, 0) is 44.1 Å². The van der Waals surface area contributed by atoms with Crippen molar-refractivity contribution in [1.29, 1.82) is 0 Å². The predicted molar refractivity (Wildman–Crippen MR) is 91.0 cm³/mol. The zero-order valence-electron chi connectivity index (χ0n) is 13.0. The first-order valence-electron chi connectivity index (χ1n) is 7.70. The van der Waals surface area contributed by atoms with Crippen molar-refractivity contribution < 1.29 is 13.5 Å². The summed E-state index contributed by atoms with van der Waals surface area (Å²) in [5.74, 6) is 0.106. The Morgan fingerprint density at radius 3 is 2.74 bits per heavy atom. The van der Waals surface area contributed by atoms with E-state index in [9.17, 15) is 8.78 Å². The largest absolute Gasteiger partial charge is 0.435 e. The topological polar surface area (TPSA) is 45.7 Å². The molecule has 0 atom stereocenters. The van der Waals surface area contributed by atoms with Gasteiger partial charge in [0, 0.05) is 11.6 Å². The zero-order valence-corrected chi connectivity index (χ0v) is 13.8. The Morgan fingerprint density at radius 1 is 1.30 bits per heavy atom. The number of hydrogen-bond acceptors (Lipinski definition) is 3. The second kappa shape index (κ2) is 8.76. The molecule has 0 aliphatic heterocycles. The molecule has 0 aromatic heterocycles. The van der Waals surface area contributed by atoms with Gasteiger partial charge in [-0.3, -0.25) is 5.43 Å². The van der Waals surface area contributed by atoms with Crippen LogP contribution in [0.4, 0.5) is 8.78 Å². The molecule has 4 nitrogen and oxygen atoms in total. The van der Waals surface area contributed by atoms with E-state index in [0.717, 1.165) is 12.8 Å². The third-order valence-electron chi connectivity index (χ3n) is 3.74. The fraction of sp³-hybridized carbons (Fsp3) is 0.500. The minimum atomic E-state index is -2.84. The number of halogens is 2. The van der Waals surface area contributed by atoms with Crippen molar-refractivity contribution in [3.8, 4) is 5.75 Å². The third kappa shape index (κ3) is 6.09. The van der Waals surface area contributed by atoms with Crippen LogP contribution in [0.25, 0.3) is 0 Å². The second-order valence-corrected chi connectivity index (χ2v) is 5.93. The number of rotatable bonds is 5. The number of thiocarbonyl (C=S) groups is 1. The van der Waals surface area contributed by atoms with E-state index >= 15 is 0 Å². The molecule has 1 aliphatic rings. The molecule has 2 rings (SSSR count). The van der Waals surface area contributed by atoms with Crippen molar-refractivity contribution in [1.82, 2.24) is 10.7 Å². The number of alkyl halides is 2. The van der Waals surface area contributed by atoms with Crippen LogP contribution in [0.15, 0.2) is 29.4 Å². The van der Waals surface area contributed by atoms with Crippen LogP contribution < -0.4 is 15.5 Å². The highest BCUT2D eigenvalue weighted by Crippen LogP contribution is 2.17. The quantitative estimate of drug-likeness (QED) is 0.486. The van der Waals surface area contributed by atoms with Crippen LogP contribution in [-0.2, 0) is 0 Å². The van der Waals surface area contributed by atoms with Crippen molar-refractivity contribution in [3.05, 3.63) is 29.8 Å². The average molecular weight is 341 g/mol. The Kier molecular flexibility index (Phi) is 6.70. The lowest BCUT2D eigenvalue weighted by atomic mass is 9.96. The number of nitrogens with one attached hydrogen (secondary N) is 2. The maximum atomic E-state index is 12.2. The molecule has 0 radical (unpaired) electrons. The molecule has 23 heavy (non-hydrogen) atoms. The molecule has 1 aliphatic carbocycles. The summed E-state index contributed by atoms with van der Waals surface area (Å²) in [6, 6.07) is 6.82. The first-order chi connectivity index (χ1) is 11.0. The van der Waals surface area contributed by atoms with E-state index in [1.807, 2.05) is 0 Å². The van der Waals surface area contributed by atoms with Gasteiger partial charge in [0.05, 0.1) is 5.71 Å². The van der Waals surface area contributed by atoms with E-state index in [2.05, 4.69) is 20.6 Å². The molecule has 1 aromatic rings. The first kappa shape index (κ1) is 17.6. The highest BCUT2D eigenvalue weighted by atomic mass is 32.1. The van der Waals surface area contributed by atoms with Gasteiger partial charge in [-0.1, -0.05) is 31.4 Å². The number of hydrazone groups is 1. The van der Waals surface area contributed by atoms with E-state index < -0.39 is 6.61 Å². The SMILES string of the molecule is C/C(=N/NC(=S)NC1CCCCC1)c1cccc(OC(F)F)c1. The Balaban J connectivity index is 1.89. The third-order valence-corrected chi connectivity index (χ3v) is 3.95. The molecular weight excluding hydrogens is 320 g/mol.